The highest BCUT2D eigenvalue weighted by Gasteiger charge is 2.09. The molecule has 0 spiro atoms. The molecule has 102 valence electrons. The van der Waals surface area contributed by atoms with E-state index in [1.165, 1.54) is 16.0 Å². The van der Waals surface area contributed by atoms with Gasteiger partial charge in [-0.2, -0.15) is 0 Å². The largest absolute Gasteiger partial charge is 0.354 e. The predicted octanol–water partition coefficient (Wildman–Crippen LogP) is 2.98. The molecule has 0 amide bonds. The van der Waals surface area contributed by atoms with Crippen molar-refractivity contribution in [2.24, 2.45) is 5.73 Å². The van der Waals surface area contributed by atoms with E-state index in [0.29, 0.717) is 0 Å². The quantitative estimate of drug-likeness (QED) is 0.912. The number of thiophene rings is 1. The normalized spacial score (nSPS) is 12.4. The zero-order chi connectivity index (χ0) is 13.8. The van der Waals surface area contributed by atoms with Gasteiger partial charge in [-0.3, -0.25) is 0 Å². The van der Waals surface area contributed by atoms with Crippen molar-refractivity contribution in [2.45, 2.75) is 32.9 Å². The van der Waals surface area contributed by atoms with Crippen molar-refractivity contribution in [2.75, 3.05) is 11.9 Å². The van der Waals surface area contributed by atoms with E-state index < -0.39 is 0 Å². The summed E-state index contributed by atoms with van der Waals surface area (Å²) in [7, 11) is 2.08. The number of aromatic nitrogens is 1. The summed E-state index contributed by atoms with van der Waals surface area (Å²) in [6, 6.07) is 6.60. The molecule has 2 aromatic rings. The van der Waals surface area contributed by atoms with E-state index in [1.54, 1.807) is 11.3 Å². The Hall–Kier alpha value is -1.39. The van der Waals surface area contributed by atoms with Gasteiger partial charge in [0.1, 0.15) is 5.82 Å². The Labute approximate surface area is 119 Å². The smallest absolute Gasteiger partial charge is 0.131 e. The molecule has 0 aliphatic heterocycles. The van der Waals surface area contributed by atoms with Crippen LogP contribution in [0.5, 0.6) is 0 Å². The number of rotatable bonds is 5. The molecule has 19 heavy (non-hydrogen) atoms. The Morgan fingerprint density at radius 3 is 2.84 bits per heavy atom. The van der Waals surface area contributed by atoms with Gasteiger partial charge in [0.25, 0.3) is 0 Å². The molecular formula is C15H21N3S. The number of pyridine rings is 1. The third kappa shape index (κ3) is 3.78. The minimum atomic E-state index is 0.177. The lowest BCUT2D eigenvalue weighted by molar-refractivity contribution is 0.734. The number of anilines is 1. The van der Waals surface area contributed by atoms with Gasteiger partial charge >= 0.3 is 0 Å². The summed E-state index contributed by atoms with van der Waals surface area (Å²) in [6.07, 6.45) is 2.82. The second kappa shape index (κ2) is 6.17. The van der Waals surface area contributed by atoms with Crippen LogP contribution >= 0.6 is 11.3 Å². The first-order valence-corrected chi connectivity index (χ1v) is 7.39. The van der Waals surface area contributed by atoms with Crippen LogP contribution < -0.4 is 10.6 Å². The number of aryl methyl sites for hydroxylation is 1. The zero-order valence-electron chi connectivity index (χ0n) is 11.8. The molecule has 0 radical (unpaired) electrons. The van der Waals surface area contributed by atoms with Gasteiger partial charge < -0.3 is 10.6 Å². The van der Waals surface area contributed by atoms with Crippen LogP contribution in [0.1, 0.15) is 22.9 Å². The molecule has 2 heterocycles. The third-order valence-electron chi connectivity index (χ3n) is 3.00. The third-order valence-corrected chi connectivity index (χ3v) is 3.86. The van der Waals surface area contributed by atoms with Crippen LogP contribution in [0.2, 0.25) is 0 Å². The number of hydrogen-bond donors (Lipinski definition) is 1. The van der Waals surface area contributed by atoms with E-state index in [2.05, 4.69) is 47.4 Å². The van der Waals surface area contributed by atoms with E-state index >= 15 is 0 Å². The van der Waals surface area contributed by atoms with Crippen LogP contribution in [0.15, 0.2) is 29.8 Å². The van der Waals surface area contributed by atoms with Crippen LogP contribution in [-0.2, 0) is 13.0 Å². The van der Waals surface area contributed by atoms with Gasteiger partial charge in [-0.15, -0.1) is 11.3 Å². The first kappa shape index (κ1) is 14.0. The van der Waals surface area contributed by atoms with Gasteiger partial charge in [-0.25, -0.2) is 4.98 Å². The van der Waals surface area contributed by atoms with E-state index in [4.69, 9.17) is 5.73 Å². The predicted molar refractivity (Wildman–Crippen MR) is 82.8 cm³/mol. The second-order valence-electron chi connectivity index (χ2n) is 5.10. The van der Waals surface area contributed by atoms with Gasteiger partial charge in [0.2, 0.25) is 0 Å². The highest BCUT2D eigenvalue weighted by Crippen LogP contribution is 2.20. The summed E-state index contributed by atoms with van der Waals surface area (Å²) in [5, 5.41) is 2.11. The van der Waals surface area contributed by atoms with Gasteiger partial charge in [-0.1, -0.05) is 12.1 Å². The van der Waals surface area contributed by atoms with E-state index in [0.717, 1.165) is 18.8 Å². The van der Waals surface area contributed by atoms with Gasteiger partial charge in [-0.05, 0) is 42.8 Å². The molecule has 0 aliphatic rings. The zero-order valence-corrected chi connectivity index (χ0v) is 12.6. The first-order chi connectivity index (χ1) is 9.06. The van der Waals surface area contributed by atoms with Crippen molar-refractivity contribution in [3.63, 3.8) is 0 Å². The van der Waals surface area contributed by atoms with E-state index in [-0.39, 0.29) is 6.04 Å². The fraction of sp³-hybridized carbons (Fsp3) is 0.400. The Morgan fingerprint density at radius 2 is 2.26 bits per heavy atom. The Kier molecular flexibility index (Phi) is 4.56. The average molecular weight is 275 g/mol. The van der Waals surface area contributed by atoms with Crippen molar-refractivity contribution in [1.29, 1.82) is 0 Å². The monoisotopic (exact) mass is 275 g/mol. The van der Waals surface area contributed by atoms with Crippen molar-refractivity contribution >= 4 is 17.2 Å². The molecular weight excluding hydrogens is 254 g/mol. The van der Waals surface area contributed by atoms with Crippen molar-refractivity contribution in [3.05, 3.63) is 45.8 Å². The summed E-state index contributed by atoms with van der Waals surface area (Å²) in [6.45, 7) is 5.03. The summed E-state index contributed by atoms with van der Waals surface area (Å²) < 4.78 is 0. The lowest BCUT2D eigenvalue weighted by Gasteiger charge is -2.20. The molecule has 0 aliphatic carbocycles. The van der Waals surface area contributed by atoms with Gasteiger partial charge in [0.15, 0.2) is 0 Å². The van der Waals surface area contributed by atoms with Crippen LogP contribution in [0.25, 0.3) is 0 Å². The SMILES string of the molecule is Cc1cc(CC(C)N)cnc1N(C)Cc1cccs1. The molecule has 2 N–H and O–H groups in total. The Bertz CT molecular complexity index is 520. The molecule has 2 rings (SSSR count). The highest BCUT2D eigenvalue weighted by atomic mass is 32.1. The van der Waals surface area contributed by atoms with E-state index in [1.807, 2.05) is 13.1 Å². The Morgan fingerprint density at radius 1 is 1.47 bits per heavy atom. The van der Waals surface area contributed by atoms with Gasteiger partial charge in [0, 0.05) is 24.2 Å². The highest BCUT2D eigenvalue weighted by molar-refractivity contribution is 7.09. The molecule has 0 bridgehead atoms. The fourth-order valence-electron chi connectivity index (χ4n) is 2.22. The van der Waals surface area contributed by atoms with Gasteiger partial charge in [0.05, 0.1) is 6.54 Å². The van der Waals surface area contributed by atoms with Crippen LogP contribution in [0.4, 0.5) is 5.82 Å². The topological polar surface area (TPSA) is 42.1 Å². The number of nitrogens with two attached hydrogens (primary N) is 1. The second-order valence-corrected chi connectivity index (χ2v) is 6.13. The molecule has 0 saturated heterocycles. The fourth-order valence-corrected chi connectivity index (χ4v) is 2.98. The summed E-state index contributed by atoms with van der Waals surface area (Å²) in [4.78, 5) is 8.13. The summed E-state index contributed by atoms with van der Waals surface area (Å²) in [5.41, 5.74) is 8.24. The van der Waals surface area contributed by atoms with Crippen LogP contribution in [0, 0.1) is 6.92 Å². The molecule has 0 aromatic carbocycles. The average Bonchev–Trinajstić information content (AvgIpc) is 2.80. The van der Waals surface area contributed by atoms with Crippen molar-refractivity contribution in [3.8, 4) is 0 Å². The molecule has 1 atom stereocenters. The molecule has 0 saturated carbocycles. The van der Waals surface area contributed by atoms with Crippen LogP contribution in [0.3, 0.4) is 0 Å². The summed E-state index contributed by atoms with van der Waals surface area (Å²) in [5.74, 6) is 1.04. The van der Waals surface area contributed by atoms with Crippen molar-refractivity contribution in [1.82, 2.24) is 4.98 Å². The minimum absolute atomic E-state index is 0.177. The maximum absolute atomic E-state index is 5.83. The number of nitrogens with zero attached hydrogens (tertiary/aromatic N) is 2. The lowest BCUT2D eigenvalue weighted by Crippen LogP contribution is -2.20. The maximum Gasteiger partial charge on any atom is 0.131 e. The minimum Gasteiger partial charge on any atom is -0.354 e. The molecule has 2 aromatic heterocycles. The maximum atomic E-state index is 5.83. The van der Waals surface area contributed by atoms with Crippen LogP contribution in [-0.4, -0.2) is 18.1 Å². The first-order valence-electron chi connectivity index (χ1n) is 6.51. The Balaban J connectivity index is 2.11. The molecule has 0 fully saturated rings. The molecule has 4 heteroatoms. The lowest BCUT2D eigenvalue weighted by atomic mass is 10.1. The number of hydrogen-bond acceptors (Lipinski definition) is 4. The summed E-state index contributed by atoms with van der Waals surface area (Å²) >= 11 is 1.78. The molecule has 1 unspecified atom stereocenters. The van der Waals surface area contributed by atoms with Crippen molar-refractivity contribution < 1.29 is 0 Å². The molecule has 3 nitrogen and oxygen atoms in total. The standard InChI is InChI=1S/C15H21N3S/c1-11-7-13(8-12(2)16)9-17-15(11)18(3)10-14-5-4-6-19-14/h4-7,9,12H,8,10,16H2,1-3H3. The van der Waals surface area contributed by atoms with E-state index in [9.17, 15) is 0 Å².